The van der Waals surface area contributed by atoms with Gasteiger partial charge in [-0.2, -0.15) is 5.10 Å². The zero-order valence-corrected chi connectivity index (χ0v) is 18.1. The molecule has 0 N–H and O–H groups in total. The predicted molar refractivity (Wildman–Crippen MR) is 110 cm³/mol. The van der Waals surface area contributed by atoms with Gasteiger partial charge in [0.1, 0.15) is 11.5 Å². The van der Waals surface area contributed by atoms with Crippen LogP contribution in [0.3, 0.4) is 0 Å². The van der Waals surface area contributed by atoms with E-state index < -0.39 is 17.3 Å². The molecule has 0 amide bonds. The predicted octanol–water partition coefficient (Wildman–Crippen LogP) is 4.99. The van der Waals surface area contributed by atoms with Crippen LogP contribution in [0.2, 0.25) is 0 Å². The molecule has 0 saturated carbocycles. The van der Waals surface area contributed by atoms with E-state index in [1.54, 1.807) is 16.8 Å². The number of aromatic nitrogens is 4. The van der Waals surface area contributed by atoms with Crippen molar-refractivity contribution in [1.82, 2.24) is 20.0 Å². The first kappa shape index (κ1) is 22.0. The molecule has 0 radical (unpaired) electrons. The summed E-state index contributed by atoms with van der Waals surface area (Å²) in [4.78, 5) is 11.7. The topological polar surface area (TPSA) is 79.1 Å². The Hall–Kier alpha value is -2.18. The van der Waals surface area contributed by atoms with Crippen molar-refractivity contribution in [2.24, 2.45) is 0 Å². The standard InChI is InChI=1S/C19H19F3N4O3S2/c1-28-13(27)7-9-30-11-6-5-10-14(15(11)20)16(18-23-24-19(31-18)17(21)22)25-26(10)12-4-2-3-8-29-12/h5-6,12,17H,2-4,7-9H2,1H3. The lowest BCUT2D eigenvalue weighted by Gasteiger charge is -2.23. The Labute approximate surface area is 183 Å². The van der Waals surface area contributed by atoms with Crippen LogP contribution in [-0.4, -0.2) is 45.4 Å². The number of carbonyl (C=O) groups excluding carboxylic acids is 1. The van der Waals surface area contributed by atoms with Gasteiger partial charge >= 0.3 is 5.97 Å². The fourth-order valence-electron chi connectivity index (χ4n) is 3.34. The van der Waals surface area contributed by atoms with Crippen molar-refractivity contribution in [3.05, 3.63) is 23.0 Å². The van der Waals surface area contributed by atoms with Crippen molar-refractivity contribution in [2.75, 3.05) is 19.5 Å². The second-order valence-corrected chi connectivity index (χ2v) is 8.95. The molecule has 1 aliphatic heterocycles. The van der Waals surface area contributed by atoms with Crippen LogP contribution in [0, 0.1) is 5.82 Å². The molecule has 0 bridgehead atoms. The minimum Gasteiger partial charge on any atom is -0.469 e. The SMILES string of the molecule is COC(=O)CCSc1ccc2c(c(-c3nnc(C(F)F)s3)nn2C2CCCCO2)c1F. The van der Waals surface area contributed by atoms with Gasteiger partial charge in [0.2, 0.25) is 0 Å². The maximum atomic E-state index is 15.5. The van der Waals surface area contributed by atoms with Gasteiger partial charge < -0.3 is 9.47 Å². The number of hydrogen-bond donors (Lipinski definition) is 0. The number of alkyl halides is 2. The summed E-state index contributed by atoms with van der Waals surface area (Å²) in [6.07, 6.45) is -0.410. The van der Waals surface area contributed by atoms with Gasteiger partial charge in [0.15, 0.2) is 16.2 Å². The highest BCUT2D eigenvalue weighted by molar-refractivity contribution is 7.99. The number of ether oxygens (including phenoxy) is 2. The quantitative estimate of drug-likeness (QED) is 0.354. The van der Waals surface area contributed by atoms with Gasteiger partial charge in [-0.1, -0.05) is 11.3 Å². The second-order valence-electron chi connectivity index (χ2n) is 6.81. The molecule has 3 aromatic rings. The van der Waals surface area contributed by atoms with E-state index in [0.717, 1.165) is 12.8 Å². The lowest BCUT2D eigenvalue weighted by molar-refractivity contribution is -0.140. The van der Waals surface area contributed by atoms with Crippen molar-refractivity contribution in [2.45, 2.75) is 43.2 Å². The van der Waals surface area contributed by atoms with Gasteiger partial charge in [-0.15, -0.1) is 22.0 Å². The van der Waals surface area contributed by atoms with Gasteiger partial charge in [0.25, 0.3) is 6.43 Å². The molecular weight excluding hydrogens is 453 g/mol. The molecule has 1 aromatic carbocycles. The smallest absolute Gasteiger partial charge is 0.306 e. The highest BCUT2D eigenvalue weighted by Crippen LogP contribution is 2.39. The molecular formula is C19H19F3N4O3S2. The van der Waals surface area contributed by atoms with Crippen LogP contribution in [0.1, 0.15) is 43.3 Å². The molecule has 1 saturated heterocycles. The number of halogens is 3. The molecule has 1 unspecified atom stereocenters. The minimum atomic E-state index is -2.77. The Morgan fingerprint density at radius 1 is 1.39 bits per heavy atom. The number of thioether (sulfide) groups is 1. The van der Waals surface area contributed by atoms with Crippen molar-refractivity contribution in [3.63, 3.8) is 0 Å². The van der Waals surface area contributed by atoms with E-state index in [-0.39, 0.29) is 34.7 Å². The first-order valence-corrected chi connectivity index (χ1v) is 11.4. The van der Waals surface area contributed by atoms with Crippen LogP contribution in [0.4, 0.5) is 13.2 Å². The first-order valence-electron chi connectivity index (χ1n) is 9.63. The number of hydrogen-bond acceptors (Lipinski definition) is 8. The van der Waals surface area contributed by atoms with E-state index in [2.05, 4.69) is 20.0 Å². The highest BCUT2D eigenvalue weighted by atomic mass is 32.2. The monoisotopic (exact) mass is 472 g/mol. The zero-order chi connectivity index (χ0) is 22.0. The highest BCUT2D eigenvalue weighted by Gasteiger charge is 2.27. The lowest BCUT2D eigenvalue weighted by Crippen LogP contribution is -2.19. The molecule has 1 aliphatic rings. The number of methoxy groups -OCH3 is 1. The third-order valence-corrected chi connectivity index (χ3v) is 6.80. The van der Waals surface area contributed by atoms with Crippen LogP contribution in [0.15, 0.2) is 17.0 Å². The summed E-state index contributed by atoms with van der Waals surface area (Å²) in [6, 6.07) is 3.34. The van der Waals surface area contributed by atoms with Crippen LogP contribution in [0.25, 0.3) is 21.6 Å². The molecule has 3 heterocycles. The molecule has 12 heteroatoms. The molecule has 0 aliphatic carbocycles. The Morgan fingerprint density at radius 2 is 2.23 bits per heavy atom. The molecule has 31 heavy (non-hydrogen) atoms. The number of esters is 1. The summed E-state index contributed by atoms with van der Waals surface area (Å²) in [5.41, 5.74) is 0.645. The van der Waals surface area contributed by atoms with E-state index in [4.69, 9.17) is 4.74 Å². The number of benzene rings is 1. The van der Waals surface area contributed by atoms with Crippen LogP contribution in [0.5, 0.6) is 0 Å². The van der Waals surface area contributed by atoms with E-state index >= 15 is 4.39 Å². The van der Waals surface area contributed by atoms with Gasteiger partial charge in [0, 0.05) is 17.3 Å². The Bertz CT molecular complexity index is 1080. The summed E-state index contributed by atoms with van der Waals surface area (Å²) < 4.78 is 53.6. The molecule has 166 valence electrons. The van der Waals surface area contributed by atoms with Gasteiger partial charge in [-0.3, -0.25) is 4.79 Å². The van der Waals surface area contributed by atoms with Crippen LogP contribution >= 0.6 is 23.1 Å². The van der Waals surface area contributed by atoms with E-state index in [1.165, 1.54) is 18.9 Å². The minimum absolute atomic E-state index is 0.116. The Kier molecular flexibility index (Phi) is 6.77. The normalized spacial score (nSPS) is 16.9. The number of nitrogens with zero attached hydrogens (tertiary/aromatic N) is 4. The van der Waals surface area contributed by atoms with Crippen LogP contribution in [-0.2, 0) is 14.3 Å². The van der Waals surface area contributed by atoms with Crippen molar-refractivity contribution < 1.29 is 27.4 Å². The van der Waals surface area contributed by atoms with Gasteiger partial charge in [0.05, 0.1) is 24.4 Å². The number of fused-ring (bicyclic) bond motifs is 1. The fraction of sp³-hybridized carbons (Fsp3) is 0.474. The Balaban J connectivity index is 1.77. The summed E-state index contributed by atoms with van der Waals surface area (Å²) in [5.74, 6) is -0.595. The first-order chi connectivity index (χ1) is 15.0. The number of rotatable bonds is 7. The molecule has 2 aromatic heterocycles. The molecule has 1 atom stereocenters. The average molecular weight is 473 g/mol. The summed E-state index contributed by atoms with van der Waals surface area (Å²) >= 11 is 1.85. The fourth-order valence-corrected chi connectivity index (χ4v) is 4.91. The van der Waals surface area contributed by atoms with E-state index in [1.807, 2.05) is 0 Å². The largest absolute Gasteiger partial charge is 0.469 e. The van der Waals surface area contributed by atoms with Crippen molar-refractivity contribution >= 4 is 40.0 Å². The van der Waals surface area contributed by atoms with Gasteiger partial charge in [-0.05, 0) is 31.4 Å². The van der Waals surface area contributed by atoms with Crippen molar-refractivity contribution in [3.8, 4) is 10.7 Å². The molecule has 7 nitrogen and oxygen atoms in total. The van der Waals surface area contributed by atoms with Crippen molar-refractivity contribution in [1.29, 1.82) is 0 Å². The average Bonchev–Trinajstić information content (AvgIpc) is 3.41. The molecule has 4 rings (SSSR count). The number of carbonyl (C=O) groups is 1. The third kappa shape index (κ3) is 4.55. The Morgan fingerprint density at radius 3 is 2.90 bits per heavy atom. The summed E-state index contributed by atoms with van der Waals surface area (Å²) in [7, 11) is 1.29. The second kappa shape index (κ2) is 9.53. The summed E-state index contributed by atoms with van der Waals surface area (Å²) in [5, 5.41) is 11.7. The third-order valence-electron chi connectivity index (χ3n) is 4.83. The lowest BCUT2D eigenvalue weighted by atomic mass is 10.1. The molecule has 1 fully saturated rings. The maximum Gasteiger partial charge on any atom is 0.306 e. The van der Waals surface area contributed by atoms with Crippen LogP contribution < -0.4 is 0 Å². The maximum absolute atomic E-state index is 15.5. The van der Waals surface area contributed by atoms with Gasteiger partial charge in [-0.25, -0.2) is 17.9 Å². The van der Waals surface area contributed by atoms with E-state index in [9.17, 15) is 13.6 Å². The zero-order valence-electron chi connectivity index (χ0n) is 16.5. The van der Waals surface area contributed by atoms with E-state index in [0.29, 0.717) is 40.5 Å². The molecule has 0 spiro atoms. The summed E-state index contributed by atoms with van der Waals surface area (Å²) in [6.45, 7) is 0.569.